The van der Waals surface area contributed by atoms with Gasteiger partial charge in [-0.3, -0.25) is 0 Å². The van der Waals surface area contributed by atoms with Crippen LogP contribution in [0, 0.1) is 0 Å². The third-order valence-corrected chi connectivity index (χ3v) is 3.57. The fraction of sp³-hybridized carbons (Fsp3) is 0.333. The first-order chi connectivity index (χ1) is 12.8. The average molecular weight is 371 g/mol. The van der Waals surface area contributed by atoms with Crippen molar-refractivity contribution < 1.29 is 23.8 Å². The summed E-state index contributed by atoms with van der Waals surface area (Å²) in [7, 11) is 1.56. The summed E-state index contributed by atoms with van der Waals surface area (Å²) in [4.78, 5) is 24.8. The van der Waals surface area contributed by atoms with Gasteiger partial charge in [-0.1, -0.05) is 42.5 Å². The molecular weight excluding hydrogens is 346 g/mol. The summed E-state index contributed by atoms with van der Waals surface area (Å²) in [5, 5.41) is 2.59. The lowest BCUT2D eigenvalue weighted by Gasteiger charge is -2.24. The number of hydrogen-bond donors (Lipinski definition) is 1. The minimum Gasteiger partial charge on any atom is -0.497 e. The van der Waals surface area contributed by atoms with Gasteiger partial charge in [0.25, 0.3) is 0 Å². The van der Waals surface area contributed by atoms with Crippen molar-refractivity contribution in [3.05, 3.63) is 65.7 Å². The predicted molar refractivity (Wildman–Crippen MR) is 101 cm³/mol. The Morgan fingerprint density at radius 1 is 1.00 bits per heavy atom. The number of nitrogens with one attached hydrogen (secondary N) is 1. The smallest absolute Gasteiger partial charge is 0.408 e. The first-order valence-corrected chi connectivity index (χ1v) is 8.62. The number of carbonyl (C=O) groups excluding carboxylic acids is 2. The van der Waals surface area contributed by atoms with E-state index in [-0.39, 0.29) is 6.61 Å². The van der Waals surface area contributed by atoms with Crippen LogP contribution in [0.2, 0.25) is 0 Å². The molecule has 1 amide bonds. The molecule has 2 aromatic rings. The highest BCUT2D eigenvalue weighted by Crippen LogP contribution is 2.21. The van der Waals surface area contributed by atoms with Gasteiger partial charge >= 0.3 is 12.1 Å². The van der Waals surface area contributed by atoms with Crippen LogP contribution in [0.3, 0.4) is 0 Å². The number of ether oxygens (including phenoxy) is 3. The molecule has 27 heavy (non-hydrogen) atoms. The zero-order chi connectivity index (χ0) is 19.9. The van der Waals surface area contributed by atoms with Gasteiger partial charge < -0.3 is 19.5 Å². The topological polar surface area (TPSA) is 73.9 Å². The second-order valence-electron chi connectivity index (χ2n) is 6.95. The molecule has 2 aromatic carbocycles. The van der Waals surface area contributed by atoms with Crippen molar-refractivity contribution in [3.8, 4) is 5.75 Å². The summed E-state index contributed by atoms with van der Waals surface area (Å²) in [6.07, 6.45) is -0.703. The number of esters is 1. The third kappa shape index (κ3) is 6.66. The molecular formula is C21H25NO5. The maximum Gasteiger partial charge on any atom is 0.408 e. The van der Waals surface area contributed by atoms with Gasteiger partial charge in [0.15, 0.2) is 6.04 Å². The van der Waals surface area contributed by atoms with Crippen LogP contribution in [-0.2, 0) is 20.9 Å². The molecule has 0 saturated heterocycles. The van der Waals surface area contributed by atoms with Gasteiger partial charge in [-0.15, -0.1) is 0 Å². The van der Waals surface area contributed by atoms with Gasteiger partial charge in [-0.05, 0) is 44.0 Å². The maximum absolute atomic E-state index is 12.6. The highest BCUT2D eigenvalue weighted by molar-refractivity contribution is 5.83. The normalized spacial score (nSPS) is 12.0. The molecule has 0 aromatic heterocycles. The van der Waals surface area contributed by atoms with E-state index < -0.39 is 23.7 Å². The monoisotopic (exact) mass is 371 g/mol. The summed E-state index contributed by atoms with van der Waals surface area (Å²) < 4.78 is 15.8. The third-order valence-electron chi connectivity index (χ3n) is 3.57. The molecule has 0 radical (unpaired) electrons. The van der Waals surface area contributed by atoms with E-state index in [1.807, 2.05) is 30.3 Å². The first kappa shape index (κ1) is 20.3. The van der Waals surface area contributed by atoms with Crippen molar-refractivity contribution in [2.45, 2.75) is 39.0 Å². The summed E-state index contributed by atoms with van der Waals surface area (Å²) in [5.41, 5.74) is 0.741. The van der Waals surface area contributed by atoms with Crippen LogP contribution in [-0.4, -0.2) is 24.8 Å². The van der Waals surface area contributed by atoms with Crippen LogP contribution < -0.4 is 10.1 Å². The van der Waals surface area contributed by atoms with Crippen molar-refractivity contribution >= 4 is 12.1 Å². The van der Waals surface area contributed by atoms with E-state index >= 15 is 0 Å². The Morgan fingerprint density at radius 2 is 1.63 bits per heavy atom. The van der Waals surface area contributed by atoms with Crippen LogP contribution in [0.4, 0.5) is 4.79 Å². The second kappa shape index (κ2) is 9.07. The molecule has 0 saturated carbocycles. The number of rotatable bonds is 6. The molecule has 144 valence electrons. The zero-order valence-corrected chi connectivity index (χ0v) is 16.0. The summed E-state index contributed by atoms with van der Waals surface area (Å²) in [5.74, 6) is 0.0812. The van der Waals surface area contributed by atoms with E-state index in [9.17, 15) is 9.59 Å². The van der Waals surface area contributed by atoms with E-state index in [1.165, 1.54) is 0 Å². The van der Waals surface area contributed by atoms with Crippen LogP contribution in [0.5, 0.6) is 5.75 Å². The molecule has 6 heteroatoms. The van der Waals surface area contributed by atoms with Gasteiger partial charge in [-0.2, -0.15) is 0 Å². The number of alkyl carbamates (subject to hydrolysis) is 1. The van der Waals surface area contributed by atoms with Crippen molar-refractivity contribution in [2.75, 3.05) is 7.11 Å². The molecule has 0 aliphatic rings. The van der Waals surface area contributed by atoms with E-state index in [4.69, 9.17) is 14.2 Å². The Hall–Kier alpha value is -3.02. The predicted octanol–water partition coefficient (Wildman–Crippen LogP) is 4.00. The van der Waals surface area contributed by atoms with Crippen LogP contribution in [0.1, 0.15) is 37.9 Å². The van der Waals surface area contributed by atoms with E-state index in [1.54, 1.807) is 52.1 Å². The van der Waals surface area contributed by atoms with Crippen molar-refractivity contribution in [2.24, 2.45) is 0 Å². The van der Waals surface area contributed by atoms with Gasteiger partial charge in [0.2, 0.25) is 0 Å². The number of methoxy groups -OCH3 is 1. The highest BCUT2D eigenvalue weighted by atomic mass is 16.6. The van der Waals surface area contributed by atoms with Crippen molar-refractivity contribution in [1.29, 1.82) is 0 Å². The van der Waals surface area contributed by atoms with Gasteiger partial charge in [0.1, 0.15) is 18.0 Å². The van der Waals surface area contributed by atoms with Gasteiger partial charge in [0, 0.05) is 0 Å². The summed E-state index contributed by atoms with van der Waals surface area (Å²) in [6.45, 7) is 5.41. The lowest BCUT2D eigenvalue weighted by Crippen LogP contribution is -2.38. The molecule has 0 unspecified atom stereocenters. The van der Waals surface area contributed by atoms with E-state index in [2.05, 4.69) is 5.32 Å². The Morgan fingerprint density at radius 3 is 2.19 bits per heavy atom. The summed E-state index contributed by atoms with van der Waals surface area (Å²) >= 11 is 0. The maximum atomic E-state index is 12.6. The fourth-order valence-corrected chi connectivity index (χ4v) is 2.32. The molecule has 0 spiro atoms. The first-order valence-electron chi connectivity index (χ1n) is 8.62. The number of hydrogen-bond acceptors (Lipinski definition) is 5. The molecule has 0 heterocycles. The number of amides is 1. The van der Waals surface area contributed by atoms with Crippen LogP contribution in [0.25, 0.3) is 0 Å². The van der Waals surface area contributed by atoms with Gasteiger partial charge in [0.05, 0.1) is 7.11 Å². The number of carbonyl (C=O) groups is 2. The molecule has 1 N–H and O–H groups in total. The van der Waals surface area contributed by atoms with Gasteiger partial charge in [-0.25, -0.2) is 9.59 Å². The standard InChI is InChI=1S/C21H25NO5/c1-21(2,3)27-19(23)18(16-10-12-17(25-4)13-11-16)22-20(24)26-14-15-8-6-5-7-9-15/h5-13,18H,14H2,1-4H3,(H,22,24)/t18-/m0/s1. The Kier molecular flexibility index (Phi) is 6.82. The molecule has 1 atom stereocenters. The van der Waals surface area contributed by atoms with Crippen molar-refractivity contribution in [3.63, 3.8) is 0 Å². The van der Waals surface area contributed by atoms with E-state index in [0.29, 0.717) is 11.3 Å². The molecule has 0 fully saturated rings. The molecule has 2 rings (SSSR count). The fourth-order valence-electron chi connectivity index (χ4n) is 2.32. The Bertz CT molecular complexity index is 750. The minimum absolute atomic E-state index is 0.107. The molecule has 0 aliphatic heterocycles. The van der Waals surface area contributed by atoms with Crippen LogP contribution in [0.15, 0.2) is 54.6 Å². The lowest BCUT2D eigenvalue weighted by molar-refractivity contribution is -0.157. The molecule has 0 aliphatic carbocycles. The quantitative estimate of drug-likeness (QED) is 0.777. The van der Waals surface area contributed by atoms with Crippen LogP contribution >= 0.6 is 0 Å². The molecule has 0 bridgehead atoms. The Labute approximate surface area is 159 Å². The lowest BCUT2D eigenvalue weighted by atomic mass is 10.1. The highest BCUT2D eigenvalue weighted by Gasteiger charge is 2.28. The minimum atomic E-state index is -0.988. The molecule has 6 nitrogen and oxygen atoms in total. The summed E-state index contributed by atoms with van der Waals surface area (Å²) in [6, 6.07) is 15.1. The average Bonchev–Trinajstić information content (AvgIpc) is 2.64. The van der Waals surface area contributed by atoms with E-state index in [0.717, 1.165) is 5.56 Å². The second-order valence-corrected chi connectivity index (χ2v) is 6.95. The van der Waals surface area contributed by atoms with Crippen molar-refractivity contribution in [1.82, 2.24) is 5.32 Å². The zero-order valence-electron chi connectivity index (χ0n) is 16.0. The number of benzene rings is 2. The SMILES string of the molecule is COc1ccc([C@H](NC(=O)OCc2ccccc2)C(=O)OC(C)(C)C)cc1. The largest absolute Gasteiger partial charge is 0.497 e. The Balaban J connectivity index is 2.10.